The molecule has 1 aliphatic rings. The first kappa shape index (κ1) is 16.8. The Bertz CT molecular complexity index is 456. The number of hydrogen-bond donors (Lipinski definition) is 1. The number of nitrogens with zero attached hydrogens (tertiary/aromatic N) is 1. The van der Waals surface area contributed by atoms with E-state index in [0.29, 0.717) is 25.5 Å². The molecule has 2 rings (SSSR count). The van der Waals surface area contributed by atoms with Crippen molar-refractivity contribution in [2.45, 2.75) is 45.6 Å². The van der Waals surface area contributed by atoms with Crippen molar-refractivity contribution in [1.82, 2.24) is 4.90 Å². The van der Waals surface area contributed by atoms with Gasteiger partial charge in [-0.15, -0.1) is 0 Å². The molecule has 0 atom stereocenters. The number of nitrogens with one attached hydrogen (secondary N) is 1. The van der Waals surface area contributed by atoms with Crippen molar-refractivity contribution >= 4 is 5.90 Å². The lowest BCUT2D eigenvalue weighted by molar-refractivity contribution is 0.294. The molecule has 1 heterocycles. The molecule has 1 fully saturated rings. The van der Waals surface area contributed by atoms with E-state index in [4.69, 9.17) is 14.9 Å². The number of benzene rings is 1. The second-order valence-electron chi connectivity index (χ2n) is 5.79. The zero-order chi connectivity index (χ0) is 15.6. The normalized spacial score (nSPS) is 15.0. The van der Waals surface area contributed by atoms with Crippen LogP contribution in [-0.2, 0) is 11.3 Å². The van der Waals surface area contributed by atoms with Crippen LogP contribution in [0, 0.1) is 5.41 Å². The predicted molar refractivity (Wildman–Crippen MR) is 89.7 cm³/mol. The first-order chi connectivity index (χ1) is 10.8. The van der Waals surface area contributed by atoms with Crippen LogP contribution in [0.15, 0.2) is 24.3 Å². The van der Waals surface area contributed by atoms with Gasteiger partial charge in [0.1, 0.15) is 5.75 Å². The molecule has 0 amide bonds. The lowest BCUT2D eigenvalue weighted by Gasteiger charge is -2.15. The Balaban J connectivity index is 1.66. The smallest absolute Gasteiger partial charge is 0.180 e. The van der Waals surface area contributed by atoms with Crippen molar-refractivity contribution in [2.24, 2.45) is 0 Å². The summed E-state index contributed by atoms with van der Waals surface area (Å²) >= 11 is 0. The Morgan fingerprint density at radius 2 is 2.05 bits per heavy atom. The molecule has 1 saturated heterocycles. The third-order valence-corrected chi connectivity index (χ3v) is 3.89. The van der Waals surface area contributed by atoms with Crippen molar-refractivity contribution in [3.05, 3.63) is 29.8 Å². The van der Waals surface area contributed by atoms with Crippen LogP contribution < -0.4 is 4.74 Å². The molecule has 0 radical (unpaired) electrons. The molecule has 1 aromatic carbocycles. The number of ether oxygens (including phenoxy) is 2. The fourth-order valence-electron chi connectivity index (χ4n) is 2.76. The van der Waals surface area contributed by atoms with E-state index in [1.807, 2.05) is 13.0 Å². The monoisotopic (exact) mass is 304 g/mol. The van der Waals surface area contributed by atoms with E-state index in [1.165, 1.54) is 31.5 Å². The lowest BCUT2D eigenvalue weighted by atomic mass is 10.2. The van der Waals surface area contributed by atoms with Crippen LogP contribution in [0.3, 0.4) is 0 Å². The van der Waals surface area contributed by atoms with Gasteiger partial charge in [-0.1, -0.05) is 12.1 Å². The first-order valence-electron chi connectivity index (χ1n) is 8.42. The van der Waals surface area contributed by atoms with Crippen LogP contribution in [0.25, 0.3) is 0 Å². The number of rotatable bonds is 9. The average Bonchev–Trinajstić information content (AvgIpc) is 3.00. The lowest BCUT2D eigenvalue weighted by Crippen LogP contribution is -2.18. The van der Waals surface area contributed by atoms with Crippen LogP contribution in [0.4, 0.5) is 0 Å². The molecule has 1 aliphatic heterocycles. The molecule has 1 aromatic rings. The first-order valence-corrected chi connectivity index (χ1v) is 8.42. The molecule has 122 valence electrons. The van der Waals surface area contributed by atoms with Gasteiger partial charge in [0.25, 0.3) is 0 Å². The highest BCUT2D eigenvalue weighted by atomic mass is 16.5. The van der Waals surface area contributed by atoms with Gasteiger partial charge in [-0.25, -0.2) is 0 Å². The zero-order valence-electron chi connectivity index (χ0n) is 13.6. The van der Waals surface area contributed by atoms with E-state index >= 15 is 0 Å². The van der Waals surface area contributed by atoms with E-state index < -0.39 is 0 Å². The largest absolute Gasteiger partial charge is 0.494 e. The zero-order valence-corrected chi connectivity index (χ0v) is 13.6. The fraction of sp³-hybridized carbons (Fsp3) is 0.611. The minimum atomic E-state index is 0.384. The third kappa shape index (κ3) is 6.06. The maximum absolute atomic E-state index is 7.56. The highest BCUT2D eigenvalue weighted by molar-refractivity contribution is 5.72. The van der Waals surface area contributed by atoms with Gasteiger partial charge in [-0.05, 0) is 63.4 Å². The van der Waals surface area contributed by atoms with Gasteiger partial charge in [0.05, 0.1) is 13.2 Å². The second-order valence-corrected chi connectivity index (χ2v) is 5.79. The summed E-state index contributed by atoms with van der Waals surface area (Å²) in [7, 11) is 0. The molecule has 0 spiro atoms. The van der Waals surface area contributed by atoms with Crippen molar-refractivity contribution in [1.29, 1.82) is 5.41 Å². The molecular formula is C18H28N2O2. The summed E-state index contributed by atoms with van der Waals surface area (Å²) in [5.41, 5.74) is 1.33. The van der Waals surface area contributed by atoms with Crippen LogP contribution in [-0.4, -0.2) is 37.1 Å². The number of unbranched alkanes of at least 4 members (excludes halogenated alkanes) is 1. The average molecular weight is 304 g/mol. The van der Waals surface area contributed by atoms with E-state index in [-0.39, 0.29) is 0 Å². The summed E-state index contributed by atoms with van der Waals surface area (Å²) in [5.74, 6) is 1.34. The van der Waals surface area contributed by atoms with Crippen molar-refractivity contribution in [3.63, 3.8) is 0 Å². The Kier molecular flexibility index (Phi) is 7.23. The van der Waals surface area contributed by atoms with Gasteiger partial charge < -0.3 is 9.47 Å². The summed E-state index contributed by atoms with van der Waals surface area (Å²) in [6.07, 6.45) is 5.24. The Labute approximate surface area is 133 Å². The van der Waals surface area contributed by atoms with Crippen molar-refractivity contribution in [2.75, 3.05) is 26.3 Å². The van der Waals surface area contributed by atoms with Gasteiger partial charge in [0.15, 0.2) is 5.90 Å². The summed E-state index contributed by atoms with van der Waals surface area (Å²) in [6.45, 7) is 6.66. The summed E-state index contributed by atoms with van der Waals surface area (Å²) < 4.78 is 10.9. The van der Waals surface area contributed by atoms with Crippen LogP contribution in [0.5, 0.6) is 5.75 Å². The van der Waals surface area contributed by atoms with E-state index in [0.717, 1.165) is 25.1 Å². The Morgan fingerprint density at radius 3 is 2.82 bits per heavy atom. The van der Waals surface area contributed by atoms with Gasteiger partial charge in [0.2, 0.25) is 0 Å². The minimum Gasteiger partial charge on any atom is -0.494 e. The summed E-state index contributed by atoms with van der Waals surface area (Å²) in [4.78, 5) is 2.50. The Morgan fingerprint density at radius 1 is 1.23 bits per heavy atom. The van der Waals surface area contributed by atoms with Crippen molar-refractivity contribution in [3.8, 4) is 5.75 Å². The van der Waals surface area contributed by atoms with Gasteiger partial charge in [-0.2, -0.15) is 0 Å². The van der Waals surface area contributed by atoms with Gasteiger partial charge in [-0.3, -0.25) is 10.3 Å². The standard InChI is InChI=1S/C18H28N2O2/c1-2-21-18(19)10-3-6-13-22-17-9-7-8-16(14-17)15-20-11-4-5-12-20/h7-9,14,19H,2-6,10-13,15H2,1H3. The van der Waals surface area contributed by atoms with E-state index in [2.05, 4.69) is 23.1 Å². The Hall–Kier alpha value is -1.55. The number of likely N-dealkylation sites (tertiary alicyclic amines) is 1. The highest BCUT2D eigenvalue weighted by Crippen LogP contribution is 2.18. The maximum Gasteiger partial charge on any atom is 0.180 e. The molecule has 1 N–H and O–H groups in total. The van der Waals surface area contributed by atoms with E-state index in [1.54, 1.807) is 0 Å². The van der Waals surface area contributed by atoms with Crippen LogP contribution in [0.2, 0.25) is 0 Å². The third-order valence-electron chi connectivity index (χ3n) is 3.89. The molecule has 0 aromatic heterocycles. The predicted octanol–water partition coefficient (Wildman–Crippen LogP) is 3.85. The summed E-state index contributed by atoms with van der Waals surface area (Å²) in [5, 5.41) is 7.56. The van der Waals surface area contributed by atoms with Gasteiger partial charge in [0, 0.05) is 13.0 Å². The molecule has 0 bridgehead atoms. The maximum atomic E-state index is 7.56. The summed E-state index contributed by atoms with van der Waals surface area (Å²) in [6, 6.07) is 8.43. The molecule has 0 aliphatic carbocycles. The molecular weight excluding hydrogens is 276 g/mol. The molecule has 0 saturated carbocycles. The van der Waals surface area contributed by atoms with Crippen LogP contribution in [0.1, 0.15) is 44.6 Å². The van der Waals surface area contributed by atoms with Crippen LogP contribution >= 0.6 is 0 Å². The molecule has 0 unspecified atom stereocenters. The SMILES string of the molecule is CCOC(=N)CCCCOc1cccc(CN2CCCC2)c1. The minimum absolute atomic E-state index is 0.384. The van der Waals surface area contributed by atoms with E-state index in [9.17, 15) is 0 Å². The van der Waals surface area contributed by atoms with Crippen molar-refractivity contribution < 1.29 is 9.47 Å². The topological polar surface area (TPSA) is 45.6 Å². The quantitative estimate of drug-likeness (QED) is 0.428. The number of hydrogen-bond acceptors (Lipinski definition) is 4. The molecule has 22 heavy (non-hydrogen) atoms. The fourth-order valence-corrected chi connectivity index (χ4v) is 2.76. The molecule has 4 nitrogen and oxygen atoms in total. The molecule has 4 heteroatoms. The van der Waals surface area contributed by atoms with Gasteiger partial charge >= 0.3 is 0 Å². The second kappa shape index (κ2) is 9.46. The highest BCUT2D eigenvalue weighted by Gasteiger charge is 2.11.